The lowest BCUT2D eigenvalue weighted by molar-refractivity contribution is -0.119. The number of rotatable bonds is 5. The van der Waals surface area contributed by atoms with Gasteiger partial charge in [0.05, 0.1) is 6.54 Å². The zero-order valence-corrected chi connectivity index (χ0v) is 11.3. The number of aromatic nitrogens is 2. The average molecular weight is 255 g/mol. The lowest BCUT2D eigenvalue weighted by Crippen LogP contribution is -2.33. The van der Waals surface area contributed by atoms with E-state index < -0.39 is 0 Å². The Kier molecular flexibility index (Phi) is 5.02. The standard InChI is InChI=1S/C10H17N5OS/c1-11-7-5-8(14-10(13-7)17-4)15(3)6-9(16)12-2/h5H,6H2,1-4H3,(H,12,16)(H,11,13,14). The van der Waals surface area contributed by atoms with Crippen molar-refractivity contribution in [1.29, 1.82) is 0 Å². The van der Waals surface area contributed by atoms with E-state index in [1.54, 1.807) is 19.0 Å². The van der Waals surface area contributed by atoms with Gasteiger partial charge in [-0.1, -0.05) is 11.8 Å². The van der Waals surface area contributed by atoms with Gasteiger partial charge in [0, 0.05) is 27.2 Å². The maximum Gasteiger partial charge on any atom is 0.239 e. The molecule has 0 saturated carbocycles. The van der Waals surface area contributed by atoms with Crippen molar-refractivity contribution in [2.75, 3.05) is 44.2 Å². The molecule has 0 spiro atoms. The van der Waals surface area contributed by atoms with Gasteiger partial charge in [0.1, 0.15) is 11.6 Å². The molecule has 1 aromatic heterocycles. The van der Waals surface area contributed by atoms with Crippen LogP contribution in [-0.4, -0.2) is 49.8 Å². The minimum atomic E-state index is -0.0529. The summed E-state index contributed by atoms with van der Waals surface area (Å²) < 4.78 is 0. The lowest BCUT2D eigenvalue weighted by atomic mass is 10.4. The highest BCUT2D eigenvalue weighted by atomic mass is 32.2. The highest BCUT2D eigenvalue weighted by molar-refractivity contribution is 7.98. The van der Waals surface area contributed by atoms with Crippen LogP contribution in [0.25, 0.3) is 0 Å². The molecule has 1 aromatic rings. The van der Waals surface area contributed by atoms with E-state index in [1.165, 1.54) is 11.8 Å². The summed E-state index contributed by atoms with van der Waals surface area (Å²) >= 11 is 1.47. The van der Waals surface area contributed by atoms with Gasteiger partial charge in [0.25, 0.3) is 0 Å². The van der Waals surface area contributed by atoms with Gasteiger partial charge in [-0.15, -0.1) is 0 Å². The maximum atomic E-state index is 11.3. The predicted octanol–water partition coefficient (Wildman–Crippen LogP) is 0.422. The highest BCUT2D eigenvalue weighted by Gasteiger charge is 2.10. The highest BCUT2D eigenvalue weighted by Crippen LogP contribution is 2.18. The van der Waals surface area contributed by atoms with Gasteiger partial charge in [-0.3, -0.25) is 4.79 Å². The van der Waals surface area contributed by atoms with Crippen LogP contribution in [0.5, 0.6) is 0 Å². The van der Waals surface area contributed by atoms with Gasteiger partial charge in [-0.2, -0.15) is 0 Å². The molecule has 0 bridgehead atoms. The zero-order valence-electron chi connectivity index (χ0n) is 10.4. The summed E-state index contributed by atoms with van der Waals surface area (Å²) in [4.78, 5) is 21.7. The molecule has 0 saturated heterocycles. The Bertz CT molecular complexity index is 376. The first-order valence-corrected chi connectivity index (χ1v) is 6.35. The minimum absolute atomic E-state index is 0.0529. The van der Waals surface area contributed by atoms with E-state index >= 15 is 0 Å². The summed E-state index contributed by atoms with van der Waals surface area (Å²) in [5, 5.41) is 6.23. The molecule has 94 valence electrons. The summed E-state index contributed by atoms with van der Waals surface area (Å²) in [6.07, 6.45) is 1.91. The number of carbonyl (C=O) groups is 1. The van der Waals surface area contributed by atoms with Crippen molar-refractivity contribution in [2.24, 2.45) is 0 Å². The first kappa shape index (κ1) is 13.6. The SMILES string of the molecule is CNC(=O)CN(C)c1cc(NC)nc(SC)n1. The van der Waals surface area contributed by atoms with Crippen molar-refractivity contribution in [2.45, 2.75) is 5.16 Å². The van der Waals surface area contributed by atoms with Gasteiger partial charge < -0.3 is 15.5 Å². The van der Waals surface area contributed by atoms with E-state index in [0.717, 1.165) is 11.6 Å². The van der Waals surface area contributed by atoms with Crippen LogP contribution in [0.15, 0.2) is 11.2 Å². The number of hydrogen-bond donors (Lipinski definition) is 2. The molecule has 0 aliphatic heterocycles. The molecule has 17 heavy (non-hydrogen) atoms. The second-order valence-electron chi connectivity index (χ2n) is 3.38. The molecule has 0 aliphatic carbocycles. The molecule has 0 atom stereocenters. The zero-order chi connectivity index (χ0) is 12.8. The quantitative estimate of drug-likeness (QED) is 0.587. The van der Waals surface area contributed by atoms with Crippen LogP contribution < -0.4 is 15.5 Å². The Balaban J connectivity index is 2.91. The smallest absolute Gasteiger partial charge is 0.239 e. The third-order valence-corrected chi connectivity index (χ3v) is 2.73. The van der Waals surface area contributed by atoms with Crippen LogP contribution in [0.1, 0.15) is 0 Å². The molecule has 0 radical (unpaired) electrons. The molecule has 0 aliphatic rings. The number of thioether (sulfide) groups is 1. The maximum absolute atomic E-state index is 11.3. The molecule has 6 nitrogen and oxygen atoms in total. The Hall–Kier alpha value is -1.50. The fourth-order valence-electron chi connectivity index (χ4n) is 1.20. The topological polar surface area (TPSA) is 70.2 Å². The van der Waals surface area contributed by atoms with Crippen molar-refractivity contribution in [1.82, 2.24) is 15.3 Å². The molecule has 2 N–H and O–H groups in total. The summed E-state index contributed by atoms with van der Waals surface area (Å²) in [5.74, 6) is 1.41. The molecule has 1 rings (SSSR count). The first-order valence-electron chi connectivity index (χ1n) is 5.13. The van der Waals surface area contributed by atoms with Crippen molar-refractivity contribution in [3.63, 3.8) is 0 Å². The molecular formula is C10H17N5OS. The Morgan fingerprint density at radius 1 is 1.47 bits per heavy atom. The number of nitrogens with zero attached hydrogens (tertiary/aromatic N) is 3. The largest absolute Gasteiger partial charge is 0.373 e. The third-order valence-electron chi connectivity index (χ3n) is 2.18. The Morgan fingerprint density at radius 2 is 2.18 bits per heavy atom. The number of hydrogen-bond acceptors (Lipinski definition) is 6. The van der Waals surface area contributed by atoms with Crippen LogP contribution in [0, 0.1) is 0 Å². The van der Waals surface area contributed by atoms with Crippen molar-refractivity contribution in [3.8, 4) is 0 Å². The molecule has 1 amide bonds. The van der Waals surface area contributed by atoms with Crippen LogP contribution in [-0.2, 0) is 4.79 Å². The molecule has 1 heterocycles. The second-order valence-corrected chi connectivity index (χ2v) is 4.15. The predicted molar refractivity (Wildman–Crippen MR) is 70.7 cm³/mol. The summed E-state index contributed by atoms with van der Waals surface area (Å²) in [6.45, 7) is 0.268. The van der Waals surface area contributed by atoms with E-state index in [4.69, 9.17) is 0 Å². The fourth-order valence-corrected chi connectivity index (χ4v) is 1.58. The van der Waals surface area contributed by atoms with Crippen molar-refractivity contribution < 1.29 is 4.79 Å². The van der Waals surface area contributed by atoms with Gasteiger partial charge >= 0.3 is 0 Å². The second kappa shape index (κ2) is 6.29. The van der Waals surface area contributed by atoms with E-state index in [0.29, 0.717) is 5.16 Å². The first-order chi connectivity index (χ1) is 8.10. The van der Waals surface area contributed by atoms with E-state index in [9.17, 15) is 4.79 Å². The average Bonchev–Trinajstić information content (AvgIpc) is 2.37. The van der Waals surface area contributed by atoms with Crippen LogP contribution in [0.2, 0.25) is 0 Å². The number of carbonyl (C=O) groups excluding carboxylic acids is 1. The normalized spacial score (nSPS) is 9.88. The van der Waals surface area contributed by atoms with E-state index in [-0.39, 0.29) is 12.5 Å². The van der Waals surface area contributed by atoms with Crippen LogP contribution in [0.3, 0.4) is 0 Å². The molecule has 0 unspecified atom stereocenters. The minimum Gasteiger partial charge on any atom is -0.373 e. The van der Waals surface area contributed by atoms with Crippen molar-refractivity contribution in [3.05, 3.63) is 6.07 Å². The van der Waals surface area contributed by atoms with Gasteiger partial charge in [0.15, 0.2) is 5.16 Å². The van der Waals surface area contributed by atoms with Crippen molar-refractivity contribution >= 4 is 29.3 Å². The van der Waals surface area contributed by atoms with Gasteiger partial charge in [-0.05, 0) is 6.26 Å². The monoisotopic (exact) mass is 255 g/mol. The molecular weight excluding hydrogens is 238 g/mol. The number of amides is 1. The number of likely N-dealkylation sites (N-methyl/N-ethyl adjacent to an activating group) is 2. The van der Waals surface area contributed by atoms with Gasteiger partial charge in [-0.25, -0.2) is 9.97 Å². The lowest BCUT2D eigenvalue weighted by Gasteiger charge is -2.18. The molecule has 0 aromatic carbocycles. The Morgan fingerprint density at radius 3 is 2.71 bits per heavy atom. The summed E-state index contributed by atoms with van der Waals surface area (Å²) in [7, 11) is 5.23. The number of anilines is 2. The fraction of sp³-hybridized carbons (Fsp3) is 0.500. The van der Waals surface area contributed by atoms with E-state index in [1.807, 2.05) is 19.4 Å². The Labute approximate surface area is 105 Å². The molecule has 7 heteroatoms. The van der Waals surface area contributed by atoms with Gasteiger partial charge in [0.2, 0.25) is 5.91 Å². The van der Waals surface area contributed by atoms with Crippen LogP contribution in [0.4, 0.5) is 11.6 Å². The van der Waals surface area contributed by atoms with Crippen LogP contribution >= 0.6 is 11.8 Å². The number of nitrogens with one attached hydrogen (secondary N) is 2. The molecule has 0 fully saturated rings. The summed E-state index contributed by atoms with van der Waals surface area (Å²) in [6, 6.07) is 1.81. The summed E-state index contributed by atoms with van der Waals surface area (Å²) in [5.41, 5.74) is 0. The third kappa shape index (κ3) is 3.77. The van der Waals surface area contributed by atoms with E-state index in [2.05, 4.69) is 20.6 Å².